The summed E-state index contributed by atoms with van der Waals surface area (Å²) in [5.74, 6) is 1.93. The summed E-state index contributed by atoms with van der Waals surface area (Å²) >= 11 is 18.8. The molecule has 2 aromatic heterocycles. The predicted molar refractivity (Wildman–Crippen MR) is 176 cm³/mol. The second-order valence-electron chi connectivity index (χ2n) is 10.4. The maximum absolute atomic E-state index is 9.89. The molecule has 1 fully saturated rings. The van der Waals surface area contributed by atoms with Crippen molar-refractivity contribution < 1.29 is 13.9 Å². The van der Waals surface area contributed by atoms with Gasteiger partial charge in [-0.25, -0.2) is 0 Å². The summed E-state index contributed by atoms with van der Waals surface area (Å²) in [4.78, 5) is 9.32. The number of piperazine rings is 1. The smallest absolute Gasteiger partial charge is 0.139 e. The Morgan fingerprint density at radius 3 is 2.39 bits per heavy atom. The van der Waals surface area contributed by atoms with Crippen LogP contribution in [0, 0.1) is 11.3 Å². The van der Waals surface area contributed by atoms with Crippen molar-refractivity contribution in [3.05, 3.63) is 93.4 Å². The van der Waals surface area contributed by atoms with Gasteiger partial charge in [0.1, 0.15) is 23.3 Å². The molecular weight excluding hydrogens is 621 g/mol. The van der Waals surface area contributed by atoms with Crippen molar-refractivity contribution in [3.8, 4) is 28.7 Å². The number of aromatic nitrogens is 1. The van der Waals surface area contributed by atoms with Crippen molar-refractivity contribution in [1.29, 1.82) is 5.26 Å². The molecule has 0 bridgehead atoms. The Morgan fingerprint density at radius 1 is 0.932 bits per heavy atom. The fourth-order valence-electron chi connectivity index (χ4n) is 5.39. The molecule has 5 aromatic rings. The minimum Gasteiger partial charge on any atom is -0.496 e. The molecule has 1 aliphatic rings. The molecule has 0 unspecified atom stereocenters. The third-order valence-electron chi connectivity index (χ3n) is 7.72. The Morgan fingerprint density at radius 2 is 1.68 bits per heavy atom. The van der Waals surface area contributed by atoms with Crippen LogP contribution in [0.3, 0.4) is 0 Å². The summed E-state index contributed by atoms with van der Waals surface area (Å²) in [6, 6.07) is 19.3. The van der Waals surface area contributed by atoms with Crippen LogP contribution in [-0.2, 0) is 6.54 Å². The maximum Gasteiger partial charge on any atom is 0.139 e. The van der Waals surface area contributed by atoms with Gasteiger partial charge in [-0.3, -0.25) is 9.88 Å². The maximum atomic E-state index is 9.89. The average molecular weight is 649 g/mol. The molecule has 6 rings (SSSR count). The van der Waals surface area contributed by atoms with Crippen LogP contribution in [0.5, 0.6) is 11.5 Å². The molecule has 0 atom stereocenters. The lowest BCUT2D eigenvalue weighted by molar-refractivity contribution is 0.230. The second kappa shape index (κ2) is 12.8. The first-order valence-corrected chi connectivity index (χ1v) is 15.0. The molecule has 1 N–H and O–H groups in total. The number of hydrogen-bond donors (Lipinski definition) is 1. The Labute approximate surface area is 270 Å². The SMILES string of the molecule is COc1cc(Nc2c(C#N)cnc3cc(-c4coc(CN5CCN(c6ccc(Cl)cc6)CC5)c4)c(OC)cc23)c(Cl)cc1Cl. The molecule has 8 nitrogen and oxygen atoms in total. The van der Waals surface area contributed by atoms with Crippen LogP contribution in [-0.4, -0.2) is 50.3 Å². The molecule has 0 saturated carbocycles. The number of pyridine rings is 1. The minimum atomic E-state index is 0.346. The molecule has 3 aromatic carbocycles. The number of methoxy groups -OCH3 is 2. The van der Waals surface area contributed by atoms with Crippen LogP contribution in [0.4, 0.5) is 17.1 Å². The molecule has 3 heterocycles. The van der Waals surface area contributed by atoms with Gasteiger partial charge in [-0.05, 0) is 48.5 Å². The number of rotatable bonds is 8. The fourth-order valence-corrected chi connectivity index (χ4v) is 6.02. The van der Waals surface area contributed by atoms with E-state index in [2.05, 4.69) is 38.3 Å². The molecule has 0 amide bonds. The van der Waals surface area contributed by atoms with Gasteiger partial charge in [0.15, 0.2) is 0 Å². The lowest BCUT2D eigenvalue weighted by Crippen LogP contribution is -2.45. The largest absolute Gasteiger partial charge is 0.496 e. The van der Waals surface area contributed by atoms with E-state index in [1.807, 2.05) is 30.3 Å². The Hall–Kier alpha value is -4.13. The number of nitriles is 1. The molecular formula is C33H28Cl3N5O3. The van der Waals surface area contributed by atoms with Gasteiger partial charge in [-0.2, -0.15) is 5.26 Å². The Kier molecular flexibility index (Phi) is 8.74. The first kappa shape index (κ1) is 29.9. The van der Waals surface area contributed by atoms with Crippen molar-refractivity contribution in [1.82, 2.24) is 9.88 Å². The number of halogens is 3. The number of benzene rings is 3. The van der Waals surface area contributed by atoms with Gasteiger partial charge in [0.05, 0.1) is 59.5 Å². The van der Waals surface area contributed by atoms with Gasteiger partial charge in [-0.15, -0.1) is 0 Å². The van der Waals surface area contributed by atoms with E-state index >= 15 is 0 Å². The number of nitrogens with one attached hydrogen (secondary N) is 1. The van der Waals surface area contributed by atoms with Crippen LogP contribution in [0.2, 0.25) is 15.1 Å². The second-order valence-corrected chi connectivity index (χ2v) is 11.6. The zero-order chi connectivity index (χ0) is 30.8. The molecule has 0 aliphatic carbocycles. The number of hydrogen-bond acceptors (Lipinski definition) is 8. The van der Waals surface area contributed by atoms with Crippen molar-refractivity contribution in [2.75, 3.05) is 50.6 Å². The first-order valence-electron chi connectivity index (χ1n) is 13.9. The van der Waals surface area contributed by atoms with Crippen LogP contribution >= 0.6 is 34.8 Å². The lowest BCUT2D eigenvalue weighted by atomic mass is 10.0. The molecule has 44 heavy (non-hydrogen) atoms. The highest BCUT2D eigenvalue weighted by atomic mass is 35.5. The van der Waals surface area contributed by atoms with Crippen LogP contribution in [0.1, 0.15) is 11.3 Å². The highest BCUT2D eigenvalue weighted by molar-refractivity contribution is 6.37. The standard InChI is InChI=1S/C33H28Cl3N5O3/c1-42-31-13-26-29(38-17-21(16-37)33(26)39-30-15-32(43-2)28(36)14-27(30)35)12-25(31)20-11-24(44-19-20)18-40-7-9-41(10-8-40)23-5-3-22(34)4-6-23/h3-6,11-15,17,19H,7-10,18H2,1-2H3,(H,38,39). The van der Waals surface area contributed by atoms with Crippen LogP contribution in [0.15, 0.2) is 71.5 Å². The molecule has 224 valence electrons. The van der Waals surface area contributed by atoms with E-state index < -0.39 is 0 Å². The highest BCUT2D eigenvalue weighted by Gasteiger charge is 2.21. The van der Waals surface area contributed by atoms with Gasteiger partial charge in [0.25, 0.3) is 0 Å². The summed E-state index contributed by atoms with van der Waals surface area (Å²) < 4.78 is 17.2. The van der Waals surface area contributed by atoms with Gasteiger partial charge >= 0.3 is 0 Å². The van der Waals surface area contributed by atoms with Gasteiger partial charge in [0, 0.05) is 65.7 Å². The van der Waals surface area contributed by atoms with E-state index in [0.717, 1.165) is 48.1 Å². The predicted octanol–water partition coefficient (Wildman–Crippen LogP) is 8.41. The number of nitrogens with zero attached hydrogens (tertiary/aromatic N) is 4. The molecule has 0 radical (unpaired) electrons. The van der Waals surface area contributed by atoms with E-state index in [1.54, 1.807) is 25.5 Å². The van der Waals surface area contributed by atoms with Gasteiger partial charge in [-0.1, -0.05) is 34.8 Å². The quantitative estimate of drug-likeness (QED) is 0.180. The number of furan rings is 1. The van der Waals surface area contributed by atoms with E-state index in [-0.39, 0.29) is 0 Å². The normalized spacial score (nSPS) is 13.6. The zero-order valence-corrected chi connectivity index (χ0v) is 26.3. The Balaban J connectivity index is 1.24. The minimum absolute atomic E-state index is 0.346. The zero-order valence-electron chi connectivity index (χ0n) is 24.0. The van der Waals surface area contributed by atoms with Crippen LogP contribution in [0.25, 0.3) is 22.0 Å². The van der Waals surface area contributed by atoms with E-state index in [4.69, 9.17) is 48.7 Å². The summed E-state index contributed by atoms with van der Waals surface area (Å²) in [7, 11) is 3.14. The van der Waals surface area contributed by atoms with Crippen molar-refractivity contribution >= 4 is 62.8 Å². The van der Waals surface area contributed by atoms with Crippen molar-refractivity contribution in [2.24, 2.45) is 0 Å². The summed E-state index contributed by atoms with van der Waals surface area (Å²) in [6.45, 7) is 4.39. The number of ether oxygens (including phenoxy) is 2. The highest BCUT2D eigenvalue weighted by Crippen LogP contribution is 2.41. The summed E-state index contributed by atoms with van der Waals surface area (Å²) in [5, 5.41) is 15.4. The first-order chi connectivity index (χ1) is 21.4. The van der Waals surface area contributed by atoms with Crippen LogP contribution < -0.4 is 19.7 Å². The van der Waals surface area contributed by atoms with E-state index in [1.165, 1.54) is 19.0 Å². The fraction of sp³-hybridized carbons (Fsp3) is 0.212. The summed E-state index contributed by atoms with van der Waals surface area (Å²) in [5.41, 5.74) is 4.98. The van der Waals surface area contributed by atoms with Crippen molar-refractivity contribution in [2.45, 2.75) is 6.54 Å². The Bertz CT molecular complexity index is 1860. The van der Waals surface area contributed by atoms with Crippen molar-refractivity contribution in [3.63, 3.8) is 0 Å². The number of fused-ring (bicyclic) bond motifs is 1. The van der Waals surface area contributed by atoms with Gasteiger partial charge < -0.3 is 24.1 Å². The van der Waals surface area contributed by atoms with E-state index in [0.29, 0.717) is 55.9 Å². The number of anilines is 3. The molecule has 11 heteroatoms. The van der Waals surface area contributed by atoms with E-state index in [9.17, 15) is 5.26 Å². The van der Waals surface area contributed by atoms with Gasteiger partial charge in [0.2, 0.25) is 0 Å². The molecule has 1 saturated heterocycles. The lowest BCUT2D eigenvalue weighted by Gasteiger charge is -2.35. The average Bonchev–Trinajstić information content (AvgIpc) is 3.50. The monoisotopic (exact) mass is 647 g/mol. The molecule has 1 aliphatic heterocycles. The molecule has 0 spiro atoms. The third kappa shape index (κ3) is 6.10. The summed E-state index contributed by atoms with van der Waals surface area (Å²) in [6.07, 6.45) is 3.28. The third-order valence-corrected chi connectivity index (χ3v) is 8.58. The topological polar surface area (TPSA) is 86.8 Å².